The molecule has 0 amide bonds. The van der Waals surface area contributed by atoms with Crippen LogP contribution in [0.25, 0.3) is 0 Å². The molecular weight excluding hydrogens is 604 g/mol. The standard InChI is InChI=1S/C45H92O4/c1-3-5-7-9-11-13-15-17-19-21-23-25-27-29-31-33-35-37-39-45(49,44(41-46,42-47)43-48)40-38-36-34-32-30-28-26-24-22-20-18-16-14-12-10-8-6-4-2/h46-49H,3-43H2,1-2H3. The summed E-state index contributed by atoms with van der Waals surface area (Å²) in [5.41, 5.74) is -2.44. The molecule has 0 aliphatic heterocycles. The van der Waals surface area contributed by atoms with Gasteiger partial charge in [-0.25, -0.2) is 0 Å². The van der Waals surface area contributed by atoms with Crippen molar-refractivity contribution in [3.8, 4) is 0 Å². The number of aliphatic hydroxyl groups excluding tert-OH is 3. The summed E-state index contributed by atoms with van der Waals surface area (Å²) in [6.07, 6.45) is 48.9. The third kappa shape index (κ3) is 28.1. The summed E-state index contributed by atoms with van der Waals surface area (Å²) in [6, 6.07) is 0. The Morgan fingerprint density at radius 3 is 0.592 bits per heavy atom. The van der Waals surface area contributed by atoms with Gasteiger partial charge in [-0.3, -0.25) is 0 Å². The monoisotopic (exact) mass is 697 g/mol. The van der Waals surface area contributed by atoms with Gasteiger partial charge in [-0.15, -0.1) is 0 Å². The van der Waals surface area contributed by atoms with Gasteiger partial charge in [0.05, 0.1) is 30.8 Å². The molecule has 4 heteroatoms. The zero-order valence-corrected chi connectivity index (χ0v) is 33.8. The van der Waals surface area contributed by atoms with Gasteiger partial charge in [0.25, 0.3) is 0 Å². The molecule has 296 valence electrons. The second-order valence-corrected chi connectivity index (χ2v) is 16.3. The second-order valence-electron chi connectivity index (χ2n) is 16.3. The zero-order valence-electron chi connectivity index (χ0n) is 33.8. The van der Waals surface area contributed by atoms with Crippen LogP contribution in [0.15, 0.2) is 0 Å². The summed E-state index contributed by atoms with van der Waals surface area (Å²) in [5, 5.41) is 42.1. The lowest BCUT2D eigenvalue weighted by Crippen LogP contribution is -2.55. The van der Waals surface area contributed by atoms with Gasteiger partial charge in [-0.1, -0.05) is 245 Å². The molecule has 0 aliphatic carbocycles. The SMILES string of the molecule is CCCCCCCCCCCCCCCCCCCCC(O)(CCCCCCCCCCCCCCCCCCCC)C(CO)(CO)CO. The summed E-state index contributed by atoms with van der Waals surface area (Å²) in [6.45, 7) is 3.43. The van der Waals surface area contributed by atoms with Gasteiger partial charge >= 0.3 is 0 Å². The van der Waals surface area contributed by atoms with Crippen molar-refractivity contribution in [3.05, 3.63) is 0 Å². The van der Waals surface area contributed by atoms with E-state index in [0.29, 0.717) is 12.8 Å². The van der Waals surface area contributed by atoms with Crippen LogP contribution in [0.1, 0.15) is 258 Å². The second kappa shape index (κ2) is 37.6. The fraction of sp³-hybridized carbons (Fsp3) is 1.00. The van der Waals surface area contributed by atoms with Gasteiger partial charge < -0.3 is 20.4 Å². The number of rotatable bonds is 42. The molecule has 0 aromatic heterocycles. The summed E-state index contributed by atoms with van der Waals surface area (Å²) in [7, 11) is 0. The molecule has 0 aromatic carbocycles. The van der Waals surface area contributed by atoms with E-state index in [1.165, 1.54) is 205 Å². The van der Waals surface area contributed by atoms with E-state index in [9.17, 15) is 20.4 Å². The summed E-state index contributed by atoms with van der Waals surface area (Å²) < 4.78 is 0. The third-order valence-corrected chi connectivity index (χ3v) is 11.8. The zero-order chi connectivity index (χ0) is 36.0. The van der Waals surface area contributed by atoms with E-state index in [0.717, 1.165) is 25.7 Å². The summed E-state index contributed by atoms with van der Waals surface area (Å²) in [4.78, 5) is 0. The molecule has 0 atom stereocenters. The lowest BCUT2D eigenvalue weighted by atomic mass is 9.68. The van der Waals surface area contributed by atoms with E-state index in [1.807, 2.05) is 0 Å². The number of hydrogen-bond donors (Lipinski definition) is 4. The minimum Gasteiger partial charge on any atom is -0.395 e. The Morgan fingerprint density at radius 1 is 0.265 bits per heavy atom. The molecule has 0 saturated carbocycles. The number of hydrogen-bond acceptors (Lipinski definition) is 4. The van der Waals surface area contributed by atoms with Gasteiger partial charge in [0, 0.05) is 0 Å². The molecule has 0 fully saturated rings. The van der Waals surface area contributed by atoms with Crippen molar-refractivity contribution >= 4 is 0 Å². The van der Waals surface area contributed by atoms with E-state index in [1.54, 1.807) is 0 Å². The van der Waals surface area contributed by atoms with E-state index in [2.05, 4.69) is 13.8 Å². The first kappa shape index (κ1) is 48.8. The molecule has 0 spiro atoms. The van der Waals surface area contributed by atoms with Crippen LogP contribution >= 0.6 is 0 Å². The van der Waals surface area contributed by atoms with Gasteiger partial charge in [0.2, 0.25) is 0 Å². The minimum absolute atomic E-state index is 0.380. The molecule has 0 saturated heterocycles. The minimum atomic E-state index is -1.23. The maximum Gasteiger partial charge on any atom is 0.0770 e. The average Bonchev–Trinajstić information content (AvgIpc) is 3.11. The van der Waals surface area contributed by atoms with Crippen LogP contribution in [0.4, 0.5) is 0 Å². The van der Waals surface area contributed by atoms with E-state index in [4.69, 9.17) is 0 Å². The highest BCUT2D eigenvalue weighted by Crippen LogP contribution is 2.39. The van der Waals surface area contributed by atoms with Crippen LogP contribution in [-0.4, -0.2) is 45.8 Å². The fourth-order valence-corrected chi connectivity index (χ4v) is 7.88. The van der Waals surface area contributed by atoms with Crippen molar-refractivity contribution in [2.75, 3.05) is 19.8 Å². The first-order chi connectivity index (χ1) is 24.1. The van der Waals surface area contributed by atoms with Crippen LogP contribution in [0, 0.1) is 5.41 Å². The Hall–Kier alpha value is -0.160. The molecule has 0 radical (unpaired) electrons. The van der Waals surface area contributed by atoms with Gasteiger partial charge in [0.15, 0.2) is 0 Å². The number of unbranched alkanes of at least 4 members (excludes halogenated alkanes) is 34. The first-order valence-corrected chi connectivity index (χ1v) is 22.6. The van der Waals surface area contributed by atoms with Crippen molar-refractivity contribution in [1.82, 2.24) is 0 Å². The van der Waals surface area contributed by atoms with Crippen molar-refractivity contribution in [1.29, 1.82) is 0 Å². The Morgan fingerprint density at radius 2 is 0.429 bits per heavy atom. The van der Waals surface area contributed by atoms with Crippen LogP contribution in [0.5, 0.6) is 0 Å². The fourth-order valence-electron chi connectivity index (χ4n) is 7.88. The molecule has 49 heavy (non-hydrogen) atoms. The van der Waals surface area contributed by atoms with Crippen molar-refractivity contribution in [2.45, 2.75) is 263 Å². The molecule has 0 aliphatic rings. The topological polar surface area (TPSA) is 80.9 Å². The maximum absolute atomic E-state index is 11.7. The van der Waals surface area contributed by atoms with Crippen LogP contribution in [0.2, 0.25) is 0 Å². The highest BCUT2D eigenvalue weighted by molar-refractivity contribution is 4.98. The normalized spacial score (nSPS) is 12.4. The summed E-state index contributed by atoms with van der Waals surface area (Å²) >= 11 is 0. The lowest BCUT2D eigenvalue weighted by molar-refractivity contribution is -0.162. The quantitative estimate of drug-likeness (QED) is 0.0479. The molecule has 0 heterocycles. The van der Waals surface area contributed by atoms with Gasteiger partial charge in [-0.05, 0) is 12.8 Å². The molecule has 0 unspecified atom stereocenters. The van der Waals surface area contributed by atoms with Crippen molar-refractivity contribution in [3.63, 3.8) is 0 Å². The van der Waals surface area contributed by atoms with E-state index < -0.39 is 11.0 Å². The van der Waals surface area contributed by atoms with Crippen molar-refractivity contribution < 1.29 is 20.4 Å². The average molecular weight is 697 g/mol. The largest absolute Gasteiger partial charge is 0.395 e. The van der Waals surface area contributed by atoms with Crippen LogP contribution < -0.4 is 0 Å². The van der Waals surface area contributed by atoms with Crippen LogP contribution in [-0.2, 0) is 0 Å². The van der Waals surface area contributed by atoms with Crippen molar-refractivity contribution in [2.24, 2.45) is 5.41 Å². The maximum atomic E-state index is 11.7. The first-order valence-electron chi connectivity index (χ1n) is 22.6. The lowest BCUT2D eigenvalue weighted by Gasteiger charge is -2.44. The predicted molar refractivity (Wildman–Crippen MR) is 215 cm³/mol. The summed E-state index contributed by atoms with van der Waals surface area (Å²) in [5.74, 6) is 0. The molecule has 0 aromatic rings. The Labute approximate surface area is 308 Å². The smallest absolute Gasteiger partial charge is 0.0770 e. The van der Waals surface area contributed by atoms with Gasteiger partial charge in [0.1, 0.15) is 0 Å². The molecule has 0 bridgehead atoms. The third-order valence-electron chi connectivity index (χ3n) is 11.8. The molecular formula is C45H92O4. The Bertz CT molecular complexity index is 571. The number of aliphatic hydroxyl groups is 4. The van der Waals surface area contributed by atoms with Crippen LogP contribution in [0.3, 0.4) is 0 Å². The Kier molecular flexibility index (Phi) is 37.5. The predicted octanol–water partition coefficient (Wildman–Crippen LogP) is 13.5. The van der Waals surface area contributed by atoms with E-state index in [-0.39, 0.29) is 19.8 Å². The molecule has 4 N–H and O–H groups in total. The highest BCUT2D eigenvalue weighted by atomic mass is 16.3. The Balaban J connectivity index is 3.91. The highest BCUT2D eigenvalue weighted by Gasteiger charge is 2.48. The molecule has 0 rings (SSSR count). The molecule has 4 nitrogen and oxygen atoms in total. The van der Waals surface area contributed by atoms with Gasteiger partial charge in [-0.2, -0.15) is 0 Å². The van der Waals surface area contributed by atoms with E-state index >= 15 is 0 Å².